The molecular formula is C12H21N3O2. The molecule has 96 valence electrons. The number of aromatic amines is 1. The topological polar surface area (TPSA) is 67.0 Å². The van der Waals surface area contributed by atoms with Gasteiger partial charge in [-0.25, -0.2) is 4.98 Å². The van der Waals surface area contributed by atoms with Crippen LogP contribution in [0.1, 0.15) is 44.3 Å². The van der Waals surface area contributed by atoms with Gasteiger partial charge in [0.1, 0.15) is 11.9 Å². The first-order valence-corrected chi connectivity index (χ1v) is 6.04. The Labute approximate surface area is 102 Å². The van der Waals surface area contributed by atoms with E-state index in [9.17, 15) is 4.79 Å². The summed E-state index contributed by atoms with van der Waals surface area (Å²) in [6.07, 6.45) is 1.70. The van der Waals surface area contributed by atoms with E-state index in [4.69, 9.17) is 4.74 Å². The Morgan fingerprint density at radius 2 is 2.29 bits per heavy atom. The van der Waals surface area contributed by atoms with Crippen molar-refractivity contribution in [2.75, 3.05) is 13.7 Å². The van der Waals surface area contributed by atoms with Gasteiger partial charge in [0.2, 0.25) is 0 Å². The fourth-order valence-electron chi connectivity index (χ4n) is 1.64. The van der Waals surface area contributed by atoms with Gasteiger partial charge >= 0.3 is 0 Å². The smallest absolute Gasteiger partial charge is 0.251 e. The van der Waals surface area contributed by atoms with Crippen molar-refractivity contribution in [1.29, 1.82) is 0 Å². The minimum atomic E-state index is -0.145. The van der Waals surface area contributed by atoms with Crippen LogP contribution in [0.5, 0.6) is 0 Å². The van der Waals surface area contributed by atoms with Crippen molar-refractivity contribution in [3.8, 4) is 0 Å². The molecule has 2 N–H and O–H groups in total. The highest BCUT2D eigenvalue weighted by Crippen LogP contribution is 2.14. The van der Waals surface area contributed by atoms with E-state index in [-0.39, 0.29) is 11.7 Å². The van der Waals surface area contributed by atoms with E-state index >= 15 is 0 Å². The van der Waals surface area contributed by atoms with E-state index in [2.05, 4.69) is 22.2 Å². The fraction of sp³-hybridized carbons (Fsp3) is 0.667. The van der Waals surface area contributed by atoms with E-state index < -0.39 is 0 Å². The van der Waals surface area contributed by atoms with Gasteiger partial charge in [0.25, 0.3) is 5.56 Å². The highest BCUT2D eigenvalue weighted by Gasteiger charge is 2.11. The zero-order chi connectivity index (χ0) is 12.7. The van der Waals surface area contributed by atoms with Crippen LogP contribution in [0.4, 0.5) is 0 Å². The second kappa shape index (κ2) is 7.19. The molecule has 1 rings (SSSR count). The predicted molar refractivity (Wildman–Crippen MR) is 66.9 cm³/mol. The van der Waals surface area contributed by atoms with Crippen molar-refractivity contribution in [2.24, 2.45) is 0 Å². The van der Waals surface area contributed by atoms with Crippen molar-refractivity contribution >= 4 is 0 Å². The quantitative estimate of drug-likeness (QED) is 0.705. The van der Waals surface area contributed by atoms with E-state index in [1.165, 1.54) is 6.07 Å². The minimum Gasteiger partial charge on any atom is -0.374 e. The van der Waals surface area contributed by atoms with E-state index in [0.29, 0.717) is 12.4 Å². The maximum absolute atomic E-state index is 11.5. The van der Waals surface area contributed by atoms with Crippen LogP contribution in [-0.4, -0.2) is 23.6 Å². The predicted octanol–water partition coefficient (Wildman–Crippen LogP) is 1.37. The molecule has 1 atom stereocenters. The monoisotopic (exact) mass is 239 g/mol. The molecule has 17 heavy (non-hydrogen) atoms. The molecule has 0 bridgehead atoms. The van der Waals surface area contributed by atoms with Crippen LogP contribution in [-0.2, 0) is 11.3 Å². The van der Waals surface area contributed by atoms with Crippen molar-refractivity contribution in [1.82, 2.24) is 15.3 Å². The van der Waals surface area contributed by atoms with E-state index in [1.54, 1.807) is 7.11 Å². The highest BCUT2D eigenvalue weighted by molar-refractivity contribution is 5.04. The summed E-state index contributed by atoms with van der Waals surface area (Å²) in [5.74, 6) is 0.607. The first-order chi connectivity index (χ1) is 8.21. The Morgan fingerprint density at radius 3 is 2.88 bits per heavy atom. The van der Waals surface area contributed by atoms with Crippen LogP contribution >= 0.6 is 0 Å². The Hall–Kier alpha value is -1.20. The lowest BCUT2D eigenvalue weighted by molar-refractivity contribution is 0.0921. The minimum absolute atomic E-state index is 0.126. The standard InChI is InChI=1S/C12H21N3O2/c1-4-6-13-8-9-7-11(16)15-12(14-9)10(5-2)17-3/h7,10,13H,4-6,8H2,1-3H3,(H,14,15,16). The normalized spacial score (nSPS) is 12.6. The van der Waals surface area contributed by atoms with Gasteiger partial charge in [0.05, 0.1) is 5.69 Å². The van der Waals surface area contributed by atoms with Gasteiger partial charge in [-0.2, -0.15) is 0 Å². The molecule has 0 radical (unpaired) electrons. The summed E-state index contributed by atoms with van der Waals surface area (Å²) >= 11 is 0. The third-order valence-electron chi connectivity index (χ3n) is 2.51. The molecule has 1 heterocycles. The Kier molecular flexibility index (Phi) is 5.86. The van der Waals surface area contributed by atoms with Gasteiger partial charge in [0.15, 0.2) is 0 Å². The molecule has 1 aromatic heterocycles. The van der Waals surface area contributed by atoms with Crippen molar-refractivity contribution in [2.45, 2.75) is 39.3 Å². The number of H-pyrrole nitrogens is 1. The van der Waals surface area contributed by atoms with Crippen LogP contribution in [0.3, 0.4) is 0 Å². The summed E-state index contributed by atoms with van der Waals surface area (Å²) < 4.78 is 5.27. The Morgan fingerprint density at radius 1 is 1.53 bits per heavy atom. The van der Waals surface area contributed by atoms with Crippen LogP contribution in [0.25, 0.3) is 0 Å². The highest BCUT2D eigenvalue weighted by atomic mass is 16.5. The number of nitrogens with zero attached hydrogens (tertiary/aromatic N) is 1. The molecule has 0 amide bonds. The maximum Gasteiger partial charge on any atom is 0.251 e. The number of aromatic nitrogens is 2. The van der Waals surface area contributed by atoms with Gasteiger partial charge in [-0.1, -0.05) is 13.8 Å². The fourth-order valence-corrected chi connectivity index (χ4v) is 1.64. The summed E-state index contributed by atoms with van der Waals surface area (Å²) in [5, 5.41) is 3.22. The number of nitrogens with one attached hydrogen (secondary N) is 2. The van der Waals surface area contributed by atoms with Crippen LogP contribution in [0.15, 0.2) is 10.9 Å². The summed E-state index contributed by atoms with van der Waals surface area (Å²) in [6.45, 7) is 5.63. The molecule has 0 aliphatic carbocycles. The molecule has 1 unspecified atom stereocenters. The summed E-state index contributed by atoms with van der Waals surface area (Å²) in [7, 11) is 1.62. The molecule has 0 fully saturated rings. The zero-order valence-electron chi connectivity index (χ0n) is 10.7. The third-order valence-corrected chi connectivity index (χ3v) is 2.51. The average molecular weight is 239 g/mol. The molecule has 0 aromatic carbocycles. The van der Waals surface area contributed by atoms with Crippen molar-refractivity contribution in [3.63, 3.8) is 0 Å². The lowest BCUT2D eigenvalue weighted by atomic mass is 10.2. The van der Waals surface area contributed by atoms with Gasteiger partial charge in [-0.05, 0) is 19.4 Å². The first-order valence-electron chi connectivity index (χ1n) is 6.04. The second-order valence-corrected chi connectivity index (χ2v) is 3.93. The van der Waals surface area contributed by atoms with Crippen LogP contribution in [0, 0.1) is 0 Å². The molecular weight excluding hydrogens is 218 g/mol. The van der Waals surface area contributed by atoms with Gasteiger partial charge in [-0.3, -0.25) is 4.79 Å². The zero-order valence-corrected chi connectivity index (χ0v) is 10.7. The van der Waals surface area contributed by atoms with Crippen molar-refractivity contribution < 1.29 is 4.74 Å². The Balaban J connectivity index is 2.82. The number of methoxy groups -OCH3 is 1. The number of rotatable bonds is 7. The SMILES string of the molecule is CCCNCc1cc(=O)[nH]c(C(CC)OC)n1. The van der Waals surface area contributed by atoms with Gasteiger partial charge in [0, 0.05) is 19.7 Å². The number of hydrogen-bond donors (Lipinski definition) is 2. The van der Waals surface area contributed by atoms with Gasteiger partial charge in [-0.15, -0.1) is 0 Å². The Bertz CT molecular complexity index is 386. The van der Waals surface area contributed by atoms with E-state index in [0.717, 1.165) is 25.1 Å². The molecule has 1 aromatic rings. The lowest BCUT2D eigenvalue weighted by Crippen LogP contribution is -2.21. The first kappa shape index (κ1) is 13.9. The summed E-state index contributed by atoms with van der Waals surface area (Å²) in [5.41, 5.74) is 0.631. The average Bonchev–Trinajstić information content (AvgIpc) is 2.30. The van der Waals surface area contributed by atoms with Crippen LogP contribution in [0.2, 0.25) is 0 Å². The summed E-state index contributed by atoms with van der Waals surface area (Å²) in [4.78, 5) is 18.6. The third kappa shape index (κ3) is 4.28. The van der Waals surface area contributed by atoms with Gasteiger partial charge < -0.3 is 15.0 Å². The largest absolute Gasteiger partial charge is 0.374 e. The maximum atomic E-state index is 11.5. The molecule has 0 spiro atoms. The molecule has 0 saturated heterocycles. The molecule has 0 aliphatic rings. The molecule has 5 heteroatoms. The molecule has 0 saturated carbocycles. The number of hydrogen-bond acceptors (Lipinski definition) is 4. The second-order valence-electron chi connectivity index (χ2n) is 3.93. The lowest BCUT2D eigenvalue weighted by Gasteiger charge is -2.13. The van der Waals surface area contributed by atoms with Crippen molar-refractivity contribution in [3.05, 3.63) is 27.9 Å². The number of ether oxygens (including phenoxy) is 1. The molecule has 5 nitrogen and oxygen atoms in total. The van der Waals surface area contributed by atoms with E-state index in [1.807, 2.05) is 6.92 Å². The van der Waals surface area contributed by atoms with Crippen LogP contribution < -0.4 is 10.9 Å². The molecule has 0 aliphatic heterocycles. The summed E-state index contributed by atoms with van der Waals surface area (Å²) in [6, 6.07) is 1.52.